The molecule has 4 nitrogen and oxygen atoms in total. The van der Waals surface area contributed by atoms with Crippen molar-refractivity contribution in [3.05, 3.63) is 87.2 Å². The highest BCUT2D eigenvalue weighted by Crippen LogP contribution is 2.42. The van der Waals surface area contributed by atoms with Gasteiger partial charge in [-0.15, -0.1) is 0 Å². The molecule has 0 saturated heterocycles. The highest BCUT2D eigenvalue weighted by atomic mass is 35.5. The second-order valence-corrected chi connectivity index (χ2v) is 8.45. The number of amides is 3. The lowest BCUT2D eigenvalue weighted by Crippen LogP contribution is -2.42. The van der Waals surface area contributed by atoms with Crippen molar-refractivity contribution < 1.29 is 35.9 Å². The van der Waals surface area contributed by atoms with Gasteiger partial charge >= 0.3 is 12.2 Å². The summed E-state index contributed by atoms with van der Waals surface area (Å²) < 4.78 is 81.4. The maximum atomic E-state index is 14.9. The molecule has 3 amide bonds. The van der Waals surface area contributed by atoms with Gasteiger partial charge in [-0.1, -0.05) is 41.0 Å². The summed E-state index contributed by atoms with van der Waals surface area (Å²) in [6.07, 6.45) is -4.62. The van der Waals surface area contributed by atoms with Gasteiger partial charge in [-0.2, -0.15) is 13.2 Å². The van der Waals surface area contributed by atoms with Crippen LogP contribution in [0.2, 0.25) is 10.0 Å². The number of benzene rings is 3. The topological polar surface area (TPSA) is 63.4 Å². The summed E-state index contributed by atoms with van der Waals surface area (Å²) in [4.78, 5) is 24.6. The SMILES string of the molecule is NC(=O)N(C(=O)c1c(F)cccc1F)c1cc(Cl)c(Sc2ccc(C(F)(F)F)cc2Cl)cc1F. The molecule has 0 aliphatic heterocycles. The van der Waals surface area contributed by atoms with Gasteiger partial charge in [0.15, 0.2) is 0 Å². The Bertz CT molecular complexity index is 1280. The molecule has 0 atom stereocenters. The molecule has 0 bridgehead atoms. The van der Waals surface area contributed by atoms with Crippen molar-refractivity contribution in [2.24, 2.45) is 5.73 Å². The number of halogens is 8. The first kappa shape index (κ1) is 25.7. The predicted octanol–water partition coefficient (Wildman–Crippen LogP) is 7.31. The number of nitrogens with two attached hydrogens (primary N) is 1. The fraction of sp³-hybridized carbons (Fsp3) is 0.0476. The van der Waals surface area contributed by atoms with Crippen molar-refractivity contribution in [3.8, 4) is 0 Å². The third-order valence-corrected chi connectivity index (χ3v) is 6.30. The molecule has 0 fully saturated rings. The Balaban J connectivity index is 2.00. The van der Waals surface area contributed by atoms with Crippen LogP contribution in [-0.2, 0) is 6.18 Å². The van der Waals surface area contributed by atoms with E-state index in [0.717, 1.165) is 42.5 Å². The zero-order valence-corrected chi connectivity index (χ0v) is 18.7. The van der Waals surface area contributed by atoms with E-state index in [1.807, 2.05) is 0 Å². The first-order valence-corrected chi connectivity index (χ1v) is 10.5. The molecule has 3 aromatic carbocycles. The van der Waals surface area contributed by atoms with E-state index in [9.17, 15) is 35.9 Å². The number of urea groups is 1. The molecule has 34 heavy (non-hydrogen) atoms. The molecule has 3 rings (SSSR count). The van der Waals surface area contributed by atoms with Gasteiger partial charge in [0.2, 0.25) is 0 Å². The van der Waals surface area contributed by atoms with Crippen LogP contribution in [0.1, 0.15) is 15.9 Å². The number of hydrogen-bond acceptors (Lipinski definition) is 3. The number of rotatable bonds is 4. The van der Waals surface area contributed by atoms with Crippen LogP contribution in [0.3, 0.4) is 0 Å². The van der Waals surface area contributed by atoms with Crippen LogP contribution < -0.4 is 10.6 Å². The van der Waals surface area contributed by atoms with Crippen LogP contribution in [0.5, 0.6) is 0 Å². The molecule has 0 heterocycles. The summed E-state index contributed by atoms with van der Waals surface area (Å²) in [5.74, 6) is -5.44. The molecule has 0 aromatic heterocycles. The molecule has 2 N–H and O–H groups in total. The van der Waals surface area contributed by atoms with Crippen LogP contribution in [0.25, 0.3) is 0 Å². The molecular formula is C21H10Cl2F6N2O2S. The van der Waals surface area contributed by atoms with Gasteiger partial charge in [0.25, 0.3) is 5.91 Å². The average molecular weight is 539 g/mol. The van der Waals surface area contributed by atoms with E-state index in [4.69, 9.17) is 28.9 Å². The Morgan fingerprint density at radius 1 is 0.853 bits per heavy atom. The van der Waals surface area contributed by atoms with Crippen molar-refractivity contribution in [3.63, 3.8) is 0 Å². The summed E-state index contributed by atoms with van der Waals surface area (Å²) in [7, 11) is 0. The second-order valence-electron chi connectivity index (χ2n) is 6.55. The molecule has 0 radical (unpaired) electrons. The van der Waals surface area contributed by atoms with Crippen LogP contribution in [0.4, 0.5) is 36.8 Å². The maximum absolute atomic E-state index is 14.9. The fourth-order valence-corrected chi connectivity index (χ4v) is 4.21. The van der Waals surface area contributed by atoms with Crippen molar-refractivity contribution in [2.45, 2.75) is 16.0 Å². The molecule has 0 aliphatic carbocycles. The highest BCUT2D eigenvalue weighted by Gasteiger charge is 2.32. The third kappa shape index (κ3) is 5.26. The molecule has 13 heteroatoms. The largest absolute Gasteiger partial charge is 0.416 e. The van der Waals surface area contributed by atoms with Crippen LogP contribution in [-0.4, -0.2) is 11.9 Å². The summed E-state index contributed by atoms with van der Waals surface area (Å²) in [5, 5.41) is -0.547. The van der Waals surface area contributed by atoms with E-state index >= 15 is 0 Å². The lowest BCUT2D eigenvalue weighted by molar-refractivity contribution is -0.137. The monoisotopic (exact) mass is 538 g/mol. The normalized spacial score (nSPS) is 11.4. The number of imide groups is 1. The van der Waals surface area contributed by atoms with Gasteiger partial charge in [-0.05, 0) is 42.5 Å². The Labute approximate surface area is 202 Å². The standard InChI is InChI=1S/C21H10Cl2F6N2O2S/c22-10-6-9(21(27,28)29)4-5-16(10)34-17-8-14(26)15(7-11(17)23)31(20(30)33)19(32)18-12(24)2-1-3-13(18)25/h1-8H,(H2,30,33). The Hall–Kier alpha value is -2.89. The highest BCUT2D eigenvalue weighted by molar-refractivity contribution is 7.99. The first-order valence-electron chi connectivity index (χ1n) is 8.92. The average Bonchev–Trinajstić information content (AvgIpc) is 2.71. The predicted molar refractivity (Wildman–Crippen MR) is 115 cm³/mol. The van der Waals surface area contributed by atoms with Crippen molar-refractivity contribution in [2.75, 3.05) is 4.90 Å². The number of hydrogen-bond donors (Lipinski definition) is 1. The van der Waals surface area contributed by atoms with Crippen LogP contribution in [0.15, 0.2) is 58.3 Å². The van der Waals surface area contributed by atoms with Gasteiger partial charge in [0.1, 0.15) is 23.0 Å². The minimum Gasteiger partial charge on any atom is -0.351 e. The number of anilines is 1. The molecule has 3 aromatic rings. The number of alkyl halides is 3. The molecule has 0 saturated carbocycles. The summed E-state index contributed by atoms with van der Waals surface area (Å²) in [6.45, 7) is 0. The molecule has 178 valence electrons. The van der Waals surface area contributed by atoms with Crippen molar-refractivity contribution in [1.29, 1.82) is 0 Å². The summed E-state index contributed by atoms with van der Waals surface area (Å²) in [5.41, 5.74) is 2.21. The van der Waals surface area contributed by atoms with Gasteiger partial charge in [-0.3, -0.25) is 4.79 Å². The molecule has 0 aliphatic rings. The van der Waals surface area contributed by atoms with E-state index in [2.05, 4.69) is 0 Å². The summed E-state index contributed by atoms with van der Waals surface area (Å²) in [6, 6.07) is 5.01. The quantitative estimate of drug-likeness (QED) is 0.354. The number of carbonyl (C=O) groups is 2. The maximum Gasteiger partial charge on any atom is 0.416 e. The zero-order chi connectivity index (χ0) is 25.4. The Kier molecular flexibility index (Phi) is 7.39. The van der Waals surface area contributed by atoms with Crippen molar-refractivity contribution in [1.82, 2.24) is 0 Å². The Morgan fingerprint density at radius 2 is 1.44 bits per heavy atom. The first-order chi connectivity index (χ1) is 15.8. The fourth-order valence-electron chi connectivity index (χ4n) is 2.79. The number of primary amides is 1. The minimum atomic E-state index is -4.62. The lowest BCUT2D eigenvalue weighted by Gasteiger charge is -2.21. The molecule has 0 unspecified atom stereocenters. The number of nitrogens with zero attached hydrogens (tertiary/aromatic N) is 1. The molecular weight excluding hydrogens is 529 g/mol. The zero-order valence-electron chi connectivity index (χ0n) is 16.4. The van der Waals surface area contributed by atoms with Gasteiger partial charge in [0.05, 0.1) is 21.3 Å². The van der Waals surface area contributed by atoms with E-state index in [1.54, 1.807) is 0 Å². The molecule has 0 spiro atoms. The van der Waals surface area contributed by atoms with Crippen molar-refractivity contribution >= 4 is 52.6 Å². The van der Waals surface area contributed by atoms with Crippen LogP contribution >= 0.6 is 35.0 Å². The van der Waals surface area contributed by atoms with E-state index in [0.29, 0.717) is 17.8 Å². The smallest absolute Gasteiger partial charge is 0.351 e. The second kappa shape index (κ2) is 9.77. The van der Waals surface area contributed by atoms with E-state index < -0.39 is 52.4 Å². The lowest BCUT2D eigenvalue weighted by atomic mass is 10.1. The third-order valence-electron chi connectivity index (χ3n) is 4.32. The van der Waals surface area contributed by atoms with Gasteiger partial charge < -0.3 is 5.73 Å². The van der Waals surface area contributed by atoms with Gasteiger partial charge in [-0.25, -0.2) is 22.9 Å². The van der Waals surface area contributed by atoms with Crippen LogP contribution in [0, 0.1) is 17.5 Å². The summed E-state index contributed by atoms with van der Waals surface area (Å²) >= 11 is 12.7. The van der Waals surface area contributed by atoms with Gasteiger partial charge in [0, 0.05) is 9.79 Å². The Morgan fingerprint density at radius 3 is 1.97 bits per heavy atom. The number of carbonyl (C=O) groups excluding carboxylic acids is 2. The van der Waals surface area contributed by atoms with E-state index in [1.165, 1.54) is 0 Å². The van der Waals surface area contributed by atoms with E-state index in [-0.39, 0.29) is 24.7 Å². The minimum absolute atomic E-state index is 0.00224.